The van der Waals surface area contributed by atoms with Crippen LogP contribution in [0.1, 0.15) is 5.56 Å². The third kappa shape index (κ3) is 2.55. The summed E-state index contributed by atoms with van der Waals surface area (Å²) in [6, 6.07) is 5.86. The Hall–Kier alpha value is -1.49. The molecule has 0 saturated carbocycles. The first-order chi connectivity index (χ1) is 7.65. The van der Waals surface area contributed by atoms with Crippen molar-refractivity contribution in [3.05, 3.63) is 48.0 Å². The van der Waals surface area contributed by atoms with Gasteiger partial charge in [-0.3, -0.25) is 8.89 Å². The summed E-state index contributed by atoms with van der Waals surface area (Å²) in [5.41, 5.74) is 0.880. The first-order valence-corrected chi connectivity index (χ1v) is 6.08. The van der Waals surface area contributed by atoms with E-state index in [2.05, 4.69) is 5.10 Å². The maximum absolute atomic E-state index is 12.9. The van der Waals surface area contributed by atoms with Crippen molar-refractivity contribution in [1.82, 2.24) is 9.78 Å². The van der Waals surface area contributed by atoms with Crippen LogP contribution >= 0.6 is 0 Å². The molecule has 2 aromatic rings. The van der Waals surface area contributed by atoms with E-state index >= 15 is 0 Å². The van der Waals surface area contributed by atoms with E-state index in [1.165, 1.54) is 12.1 Å². The van der Waals surface area contributed by atoms with Crippen molar-refractivity contribution in [3.8, 4) is 0 Å². The van der Waals surface area contributed by atoms with E-state index in [0.29, 0.717) is 10.6 Å². The van der Waals surface area contributed by atoms with Crippen LogP contribution in [0.15, 0.2) is 41.6 Å². The van der Waals surface area contributed by atoms with Gasteiger partial charge in [0, 0.05) is 23.7 Å². The zero-order chi connectivity index (χ0) is 11.5. The summed E-state index contributed by atoms with van der Waals surface area (Å²) < 4.78 is 26.5. The topological polar surface area (TPSA) is 34.9 Å². The minimum atomic E-state index is -1.22. The highest BCUT2D eigenvalue weighted by atomic mass is 32.2. The van der Waals surface area contributed by atoms with E-state index in [1.807, 2.05) is 0 Å². The molecule has 0 bridgehead atoms. The van der Waals surface area contributed by atoms with Crippen molar-refractivity contribution in [3.63, 3.8) is 0 Å². The maximum Gasteiger partial charge on any atom is 0.124 e. The fourth-order valence-electron chi connectivity index (χ4n) is 1.39. The molecular weight excluding hydrogens is 227 g/mol. The zero-order valence-electron chi connectivity index (χ0n) is 8.76. The number of hydrogen-bond acceptors (Lipinski definition) is 2. The van der Waals surface area contributed by atoms with Gasteiger partial charge in [-0.1, -0.05) is 6.07 Å². The second-order valence-electron chi connectivity index (χ2n) is 3.47. The standard InChI is InChI=1S/C11H11FN2OS/c1-14-7-9(6-13-14)8-16(15)11-4-2-3-10(12)5-11/h2-7H,8H2,1H3. The van der Waals surface area contributed by atoms with E-state index in [9.17, 15) is 8.60 Å². The molecule has 16 heavy (non-hydrogen) atoms. The Balaban J connectivity index is 2.14. The second kappa shape index (κ2) is 4.57. The predicted octanol–water partition coefficient (Wildman–Crippen LogP) is 1.87. The molecule has 0 N–H and O–H groups in total. The van der Waals surface area contributed by atoms with Gasteiger partial charge in [-0.25, -0.2) is 4.39 Å². The summed E-state index contributed by atoms with van der Waals surface area (Å²) in [5.74, 6) is -0.00543. The highest BCUT2D eigenvalue weighted by molar-refractivity contribution is 7.84. The Morgan fingerprint density at radius 2 is 2.31 bits per heavy atom. The number of benzene rings is 1. The summed E-state index contributed by atoms with van der Waals surface area (Å²) in [5, 5.41) is 3.99. The first-order valence-electron chi connectivity index (χ1n) is 4.76. The lowest BCUT2D eigenvalue weighted by Gasteiger charge is -2.00. The van der Waals surface area contributed by atoms with E-state index < -0.39 is 10.8 Å². The summed E-state index contributed by atoms with van der Waals surface area (Å²) in [6.07, 6.45) is 3.47. The average molecular weight is 238 g/mol. The molecule has 0 radical (unpaired) electrons. The van der Waals surface area contributed by atoms with Gasteiger partial charge in [0.15, 0.2) is 0 Å². The summed E-state index contributed by atoms with van der Waals surface area (Å²) in [6.45, 7) is 0. The van der Waals surface area contributed by atoms with Gasteiger partial charge < -0.3 is 0 Å². The summed E-state index contributed by atoms with van der Waals surface area (Å²) >= 11 is 0. The average Bonchev–Trinajstić information content (AvgIpc) is 2.64. The Morgan fingerprint density at radius 3 is 2.94 bits per heavy atom. The SMILES string of the molecule is Cn1cc(CS(=O)c2cccc(F)c2)cn1. The molecule has 0 saturated heterocycles. The Kier molecular flexibility index (Phi) is 3.14. The normalized spacial score (nSPS) is 12.6. The molecule has 5 heteroatoms. The van der Waals surface area contributed by atoms with Gasteiger partial charge in [-0.2, -0.15) is 5.10 Å². The zero-order valence-corrected chi connectivity index (χ0v) is 9.58. The Bertz CT molecular complexity index is 524. The fraction of sp³-hybridized carbons (Fsp3) is 0.182. The first kappa shape index (κ1) is 11.0. The smallest absolute Gasteiger partial charge is 0.124 e. The number of hydrogen-bond donors (Lipinski definition) is 0. The number of rotatable bonds is 3. The predicted molar refractivity (Wildman–Crippen MR) is 59.7 cm³/mol. The van der Waals surface area contributed by atoms with Gasteiger partial charge >= 0.3 is 0 Å². The van der Waals surface area contributed by atoms with Crippen LogP contribution in [0, 0.1) is 5.82 Å². The third-order valence-corrected chi connectivity index (χ3v) is 3.49. The van der Waals surface area contributed by atoms with E-state index in [-0.39, 0.29) is 5.82 Å². The van der Waals surface area contributed by atoms with Crippen LogP contribution in [0.4, 0.5) is 4.39 Å². The summed E-state index contributed by atoms with van der Waals surface area (Å²) in [7, 11) is 0.576. The molecule has 0 aliphatic carbocycles. The highest BCUT2D eigenvalue weighted by Gasteiger charge is 2.07. The molecule has 3 nitrogen and oxygen atoms in total. The molecule has 1 heterocycles. The van der Waals surface area contributed by atoms with Crippen molar-refractivity contribution >= 4 is 10.8 Å². The quantitative estimate of drug-likeness (QED) is 0.818. The lowest BCUT2D eigenvalue weighted by molar-refractivity contribution is 0.622. The lowest BCUT2D eigenvalue weighted by Crippen LogP contribution is -1.96. The number of halogens is 1. The van der Waals surface area contributed by atoms with Gasteiger partial charge in [0.1, 0.15) is 5.82 Å². The van der Waals surface area contributed by atoms with Crippen molar-refractivity contribution in [2.75, 3.05) is 0 Å². The van der Waals surface area contributed by atoms with Crippen molar-refractivity contribution in [1.29, 1.82) is 0 Å². The third-order valence-electron chi connectivity index (χ3n) is 2.12. The van der Waals surface area contributed by atoms with Crippen LogP contribution in [0.2, 0.25) is 0 Å². The van der Waals surface area contributed by atoms with Crippen molar-refractivity contribution in [2.45, 2.75) is 10.6 Å². The van der Waals surface area contributed by atoms with E-state index in [0.717, 1.165) is 5.56 Å². The fourth-order valence-corrected chi connectivity index (χ4v) is 2.48. The number of aromatic nitrogens is 2. The molecule has 2 rings (SSSR count). The molecule has 0 amide bonds. The minimum Gasteiger partial charge on any atom is -0.276 e. The van der Waals surface area contributed by atoms with Gasteiger partial charge in [0.25, 0.3) is 0 Å². The van der Waals surface area contributed by atoms with E-state index in [1.54, 1.807) is 36.3 Å². The molecule has 1 atom stereocenters. The van der Waals surface area contributed by atoms with Crippen LogP contribution in [0.25, 0.3) is 0 Å². The Labute approximate surface area is 95.4 Å². The lowest BCUT2D eigenvalue weighted by atomic mass is 10.3. The largest absolute Gasteiger partial charge is 0.276 e. The second-order valence-corrected chi connectivity index (χ2v) is 4.92. The summed E-state index contributed by atoms with van der Waals surface area (Å²) in [4.78, 5) is 0.504. The van der Waals surface area contributed by atoms with Gasteiger partial charge in [-0.05, 0) is 18.2 Å². The molecule has 0 fully saturated rings. The van der Waals surface area contributed by atoms with Gasteiger partial charge in [0.2, 0.25) is 0 Å². The Morgan fingerprint density at radius 1 is 1.50 bits per heavy atom. The van der Waals surface area contributed by atoms with Gasteiger partial charge in [0.05, 0.1) is 22.7 Å². The minimum absolute atomic E-state index is 0.358. The van der Waals surface area contributed by atoms with Crippen LogP contribution in [-0.2, 0) is 23.6 Å². The van der Waals surface area contributed by atoms with Crippen LogP contribution in [0.5, 0.6) is 0 Å². The molecule has 0 spiro atoms. The van der Waals surface area contributed by atoms with Crippen molar-refractivity contribution in [2.24, 2.45) is 7.05 Å². The molecule has 1 aromatic carbocycles. The van der Waals surface area contributed by atoms with Gasteiger partial charge in [-0.15, -0.1) is 0 Å². The molecular formula is C11H11FN2OS. The van der Waals surface area contributed by atoms with Crippen molar-refractivity contribution < 1.29 is 8.60 Å². The molecule has 1 aromatic heterocycles. The number of aryl methyl sites for hydroxylation is 1. The highest BCUT2D eigenvalue weighted by Crippen LogP contribution is 2.12. The monoisotopic (exact) mass is 238 g/mol. The maximum atomic E-state index is 12.9. The van der Waals surface area contributed by atoms with Crippen LogP contribution in [0.3, 0.4) is 0 Å². The number of nitrogens with zero attached hydrogens (tertiary/aromatic N) is 2. The van der Waals surface area contributed by atoms with Crippen LogP contribution < -0.4 is 0 Å². The van der Waals surface area contributed by atoms with E-state index in [4.69, 9.17) is 0 Å². The molecule has 1 unspecified atom stereocenters. The molecule has 0 aliphatic heterocycles. The molecule has 0 aliphatic rings. The molecule has 84 valence electrons. The van der Waals surface area contributed by atoms with Crippen LogP contribution in [-0.4, -0.2) is 14.0 Å².